The molecule has 0 bridgehead atoms. The fourth-order valence-corrected chi connectivity index (χ4v) is 2.24. The molecule has 1 aromatic carbocycles. The molecule has 3 heteroatoms. The van der Waals surface area contributed by atoms with Gasteiger partial charge in [-0.15, -0.1) is 0 Å². The second kappa shape index (κ2) is 5.61. The van der Waals surface area contributed by atoms with Crippen LogP contribution in [0.2, 0.25) is 0 Å². The van der Waals surface area contributed by atoms with Crippen molar-refractivity contribution in [3.8, 4) is 5.75 Å². The molecule has 0 aliphatic rings. The number of aryl methyl sites for hydroxylation is 2. The van der Waals surface area contributed by atoms with Crippen molar-refractivity contribution in [2.45, 2.75) is 33.2 Å². The maximum Gasteiger partial charge on any atom is 0.145 e. The molecule has 0 amide bonds. The zero-order valence-corrected chi connectivity index (χ0v) is 12.7. The lowest BCUT2D eigenvalue weighted by molar-refractivity contribution is 0.403. The van der Waals surface area contributed by atoms with Gasteiger partial charge in [0.05, 0.1) is 12.8 Å². The van der Waals surface area contributed by atoms with E-state index < -0.39 is 0 Å². The molecular formula is C15H26N2O. The van der Waals surface area contributed by atoms with Crippen LogP contribution in [0.25, 0.3) is 0 Å². The first-order chi connectivity index (χ1) is 8.30. The van der Waals surface area contributed by atoms with Crippen molar-refractivity contribution >= 4 is 5.69 Å². The lowest BCUT2D eigenvalue weighted by atomic mass is 10.0. The Labute approximate surface area is 111 Å². The molecule has 18 heavy (non-hydrogen) atoms. The minimum Gasteiger partial charge on any atom is -0.494 e. The number of hydrogen-bond acceptors (Lipinski definition) is 3. The van der Waals surface area contributed by atoms with E-state index in [-0.39, 0.29) is 5.54 Å². The molecule has 1 aromatic rings. The third-order valence-electron chi connectivity index (χ3n) is 3.32. The van der Waals surface area contributed by atoms with Crippen LogP contribution >= 0.6 is 0 Å². The molecule has 1 rings (SSSR count). The van der Waals surface area contributed by atoms with Gasteiger partial charge in [0, 0.05) is 19.1 Å². The van der Waals surface area contributed by atoms with E-state index in [4.69, 9.17) is 4.74 Å². The van der Waals surface area contributed by atoms with Gasteiger partial charge in [-0.3, -0.25) is 0 Å². The van der Waals surface area contributed by atoms with E-state index >= 15 is 0 Å². The minimum atomic E-state index is 0.0669. The van der Waals surface area contributed by atoms with E-state index in [1.54, 1.807) is 7.11 Å². The highest BCUT2D eigenvalue weighted by molar-refractivity contribution is 5.63. The Hall–Kier alpha value is -1.22. The normalized spacial score (nSPS) is 11.5. The van der Waals surface area contributed by atoms with Crippen LogP contribution in [0.3, 0.4) is 0 Å². The minimum absolute atomic E-state index is 0.0669. The summed E-state index contributed by atoms with van der Waals surface area (Å²) >= 11 is 0. The zero-order valence-electron chi connectivity index (χ0n) is 12.7. The van der Waals surface area contributed by atoms with Crippen molar-refractivity contribution < 1.29 is 4.74 Å². The first-order valence-corrected chi connectivity index (χ1v) is 6.36. The van der Waals surface area contributed by atoms with E-state index in [1.807, 2.05) is 7.05 Å². The lowest BCUT2D eigenvalue weighted by Crippen LogP contribution is -2.46. The highest BCUT2D eigenvalue weighted by atomic mass is 16.5. The summed E-state index contributed by atoms with van der Waals surface area (Å²) in [6.07, 6.45) is 0. The van der Waals surface area contributed by atoms with E-state index in [1.165, 1.54) is 11.1 Å². The van der Waals surface area contributed by atoms with Crippen LogP contribution in [0.1, 0.15) is 25.0 Å². The average molecular weight is 250 g/mol. The SMILES string of the molecule is CNC(C)(C)CN(C)c1cc(C)cc(C)c1OC. The monoisotopic (exact) mass is 250 g/mol. The molecule has 0 aliphatic carbocycles. The van der Waals surface area contributed by atoms with Crippen molar-refractivity contribution in [1.82, 2.24) is 5.32 Å². The zero-order chi connectivity index (χ0) is 13.9. The number of ether oxygens (including phenoxy) is 1. The van der Waals surface area contributed by atoms with Gasteiger partial charge in [-0.2, -0.15) is 0 Å². The molecular weight excluding hydrogens is 224 g/mol. The predicted octanol–water partition coefficient (Wildman–Crippen LogP) is 2.75. The topological polar surface area (TPSA) is 24.5 Å². The van der Waals surface area contributed by atoms with Gasteiger partial charge in [-0.25, -0.2) is 0 Å². The van der Waals surface area contributed by atoms with Crippen LogP contribution in [-0.2, 0) is 0 Å². The summed E-state index contributed by atoms with van der Waals surface area (Å²) in [5.41, 5.74) is 3.66. The van der Waals surface area contributed by atoms with Crippen molar-refractivity contribution in [2.75, 3.05) is 32.6 Å². The van der Waals surface area contributed by atoms with Gasteiger partial charge >= 0.3 is 0 Å². The van der Waals surface area contributed by atoms with Gasteiger partial charge in [-0.05, 0) is 51.9 Å². The number of methoxy groups -OCH3 is 1. The summed E-state index contributed by atoms with van der Waals surface area (Å²) in [7, 11) is 5.83. The second-order valence-electron chi connectivity index (χ2n) is 5.62. The highest BCUT2D eigenvalue weighted by Crippen LogP contribution is 2.32. The van der Waals surface area contributed by atoms with Crippen molar-refractivity contribution in [3.63, 3.8) is 0 Å². The van der Waals surface area contributed by atoms with Gasteiger partial charge in [0.15, 0.2) is 0 Å². The maximum atomic E-state index is 5.54. The van der Waals surface area contributed by atoms with Gasteiger partial charge < -0.3 is 15.0 Å². The van der Waals surface area contributed by atoms with E-state index in [9.17, 15) is 0 Å². The molecule has 0 heterocycles. The standard InChI is InChI=1S/C15H26N2O/c1-11-8-12(2)14(18-7)13(9-11)17(6)10-15(3,4)16-5/h8-9,16H,10H2,1-7H3. The number of benzene rings is 1. The summed E-state index contributed by atoms with van der Waals surface area (Å²) in [4.78, 5) is 2.25. The van der Waals surface area contributed by atoms with Crippen LogP contribution in [0.15, 0.2) is 12.1 Å². The molecule has 0 saturated heterocycles. The van der Waals surface area contributed by atoms with E-state index in [0.29, 0.717) is 0 Å². The Morgan fingerprint density at radius 3 is 2.39 bits per heavy atom. The molecule has 0 radical (unpaired) electrons. The van der Waals surface area contributed by atoms with Gasteiger partial charge in [-0.1, -0.05) is 6.07 Å². The van der Waals surface area contributed by atoms with Crippen LogP contribution in [0.4, 0.5) is 5.69 Å². The molecule has 0 atom stereocenters. The van der Waals surface area contributed by atoms with E-state index in [0.717, 1.165) is 18.0 Å². The van der Waals surface area contributed by atoms with Crippen LogP contribution in [0, 0.1) is 13.8 Å². The Balaban J connectivity index is 3.08. The number of nitrogens with one attached hydrogen (secondary N) is 1. The number of nitrogens with zero attached hydrogens (tertiary/aromatic N) is 1. The molecule has 0 fully saturated rings. The third-order valence-corrected chi connectivity index (χ3v) is 3.32. The molecule has 1 N–H and O–H groups in total. The molecule has 0 aromatic heterocycles. The Bertz CT molecular complexity index is 413. The van der Waals surface area contributed by atoms with Crippen molar-refractivity contribution in [1.29, 1.82) is 0 Å². The van der Waals surface area contributed by atoms with Crippen LogP contribution < -0.4 is 15.0 Å². The first-order valence-electron chi connectivity index (χ1n) is 6.36. The number of likely N-dealkylation sites (N-methyl/N-ethyl adjacent to an activating group) is 2. The van der Waals surface area contributed by atoms with Crippen LogP contribution in [-0.4, -0.2) is 33.3 Å². The predicted molar refractivity (Wildman–Crippen MR) is 78.9 cm³/mol. The molecule has 0 unspecified atom stereocenters. The highest BCUT2D eigenvalue weighted by Gasteiger charge is 2.20. The quantitative estimate of drug-likeness (QED) is 0.869. The van der Waals surface area contributed by atoms with Crippen LogP contribution in [0.5, 0.6) is 5.75 Å². The molecule has 3 nitrogen and oxygen atoms in total. The van der Waals surface area contributed by atoms with Gasteiger partial charge in [0.2, 0.25) is 0 Å². The fourth-order valence-electron chi connectivity index (χ4n) is 2.24. The molecule has 0 aliphatic heterocycles. The average Bonchev–Trinajstić information content (AvgIpc) is 2.27. The smallest absolute Gasteiger partial charge is 0.145 e. The lowest BCUT2D eigenvalue weighted by Gasteiger charge is -2.32. The Morgan fingerprint density at radius 1 is 1.28 bits per heavy atom. The van der Waals surface area contributed by atoms with Crippen molar-refractivity contribution in [3.05, 3.63) is 23.3 Å². The summed E-state index contributed by atoms with van der Waals surface area (Å²) in [5.74, 6) is 0.968. The largest absolute Gasteiger partial charge is 0.494 e. The van der Waals surface area contributed by atoms with Crippen molar-refractivity contribution in [2.24, 2.45) is 0 Å². The fraction of sp³-hybridized carbons (Fsp3) is 0.600. The maximum absolute atomic E-state index is 5.54. The Morgan fingerprint density at radius 2 is 1.89 bits per heavy atom. The summed E-state index contributed by atoms with van der Waals surface area (Å²) in [6, 6.07) is 4.33. The van der Waals surface area contributed by atoms with Gasteiger partial charge in [0.25, 0.3) is 0 Å². The first kappa shape index (κ1) is 14.8. The number of anilines is 1. The summed E-state index contributed by atoms with van der Waals surface area (Å²) in [5, 5.41) is 3.33. The molecule has 0 spiro atoms. The number of hydrogen-bond donors (Lipinski definition) is 1. The molecule has 102 valence electrons. The Kier molecular flexibility index (Phi) is 4.63. The summed E-state index contributed by atoms with van der Waals surface area (Å²) < 4.78 is 5.54. The van der Waals surface area contributed by atoms with Gasteiger partial charge in [0.1, 0.15) is 5.75 Å². The third kappa shape index (κ3) is 3.39. The number of rotatable bonds is 5. The second-order valence-corrected chi connectivity index (χ2v) is 5.62. The van der Waals surface area contributed by atoms with E-state index in [2.05, 4.69) is 57.1 Å². The summed E-state index contributed by atoms with van der Waals surface area (Å²) in [6.45, 7) is 9.51. The molecule has 0 saturated carbocycles.